The summed E-state index contributed by atoms with van der Waals surface area (Å²) in [5.41, 5.74) is 2.17. The first-order valence-electron chi connectivity index (χ1n) is 8.79. The van der Waals surface area contributed by atoms with Crippen molar-refractivity contribution in [2.45, 2.75) is 19.9 Å². The van der Waals surface area contributed by atoms with E-state index < -0.39 is 0 Å². The molecule has 0 bridgehead atoms. The lowest BCUT2D eigenvalue weighted by atomic mass is 10.1. The maximum Gasteiger partial charge on any atom is 0.225 e. The largest absolute Gasteiger partial charge is 0.508 e. The highest BCUT2D eigenvalue weighted by atomic mass is 16.3. The van der Waals surface area contributed by atoms with E-state index in [2.05, 4.69) is 25.6 Å². The molecule has 2 aromatic heterocycles. The van der Waals surface area contributed by atoms with Crippen LogP contribution < -0.4 is 10.6 Å². The van der Waals surface area contributed by atoms with E-state index in [1.165, 1.54) is 0 Å². The van der Waals surface area contributed by atoms with Gasteiger partial charge in [0, 0.05) is 18.0 Å². The van der Waals surface area contributed by atoms with E-state index in [0.717, 1.165) is 11.4 Å². The number of nitrogens with one attached hydrogen (secondary N) is 2. The number of phenolic OH excluding ortho intramolecular Hbond substituents is 1. The maximum absolute atomic E-state index is 9.60. The van der Waals surface area contributed by atoms with E-state index in [1.807, 2.05) is 38.1 Å². The van der Waals surface area contributed by atoms with Crippen molar-refractivity contribution in [1.29, 1.82) is 0 Å². The first kappa shape index (κ1) is 18.6. The monoisotopic (exact) mass is 365 g/mol. The van der Waals surface area contributed by atoms with E-state index in [4.69, 9.17) is 0 Å². The Morgan fingerprint density at radius 3 is 2.41 bits per heavy atom. The lowest BCUT2D eigenvalue weighted by Crippen LogP contribution is -2.30. The van der Waals surface area contributed by atoms with Crippen LogP contribution in [0, 0.1) is 5.92 Å². The van der Waals surface area contributed by atoms with Gasteiger partial charge in [-0.2, -0.15) is 4.98 Å². The topological polar surface area (TPSA) is 103 Å². The second-order valence-electron chi connectivity index (χ2n) is 6.53. The van der Waals surface area contributed by atoms with Gasteiger partial charge in [0.1, 0.15) is 11.6 Å². The summed E-state index contributed by atoms with van der Waals surface area (Å²) >= 11 is 0. The van der Waals surface area contributed by atoms with Crippen LogP contribution in [0.1, 0.15) is 13.8 Å². The van der Waals surface area contributed by atoms with Crippen LogP contribution in [0.2, 0.25) is 0 Å². The van der Waals surface area contributed by atoms with Gasteiger partial charge < -0.3 is 20.8 Å². The number of pyridine rings is 1. The molecular formula is C20H23N5O2. The van der Waals surface area contributed by atoms with Gasteiger partial charge in [0.15, 0.2) is 0 Å². The molecule has 2 heterocycles. The van der Waals surface area contributed by atoms with Crippen LogP contribution in [0.3, 0.4) is 0 Å². The molecule has 0 amide bonds. The average molecular weight is 365 g/mol. The molecule has 0 fully saturated rings. The first-order chi connectivity index (χ1) is 13.0. The molecule has 27 heavy (non-hydrogen) atoms. The number of aromatic hydroxyl groups is 1. The molecule has 140 valence electrons. The van der Waals surface area contributed by atoms with Gasteiger partial charge in [0.25, 0.3) is 0 Å². The molecule has 0 radical (unpaired) electrons. The molecule has 0 aliphatic heterocycles. The fourth-order valence-electron chi connectivity index (χ4n) is 2.50. The highest BCUT2D eigenvalue weighted by Gasteiger charge is 2.15. The van der Waals surface area contributed by atoms with Crippen molar-refractivity contribution in [3.8, 4) is 17.1 Å². The van der Waals surface area contributed by atoms with Crippen molar-refractivity contribution >= 4 is 17.5 Å². The van der Waals surface area contributed by atoms with Gasteiger partial charge in [-0.15, -0.1) is 0 Å². The van der Waals surface area contributed by atoms with Crippen molar-refractivity contribution in [2.24, 2.45) is 5.92 Å². The summed E-state index contributed by atoms with van der Waals surface area (Å²) in [5, 5.41) is 25.5. The highest BCUT2D eigenvalue weighted by Crippen LogP contribution is 2.24. The molecule has 7 heteroatoms. The number of phenols is 1. The van der Waals surface area contributed by atoms with E-state index in [-0.39, 0.29) is 24.3 Å². The third kappa shape index (κ3) is 4.92. The Labute approximate surface area is 158 Å². The van der Waals surface area contributed by atoms with Crippen LogP contribution in [0.15, 0.2) is 54.7 Å². The number of rotatable bonds is 7. The zero-order valence-electron chi connectivity index (χ0n) is 15.3. The number of aromatic nitrogens is 3. The number of hydrogen-bond acceptors (Lipinski definition) is 7. The summed E-state index contributed by atoms with van der Waals surface area (Å²) < 4.78 is 0. The number of anilines is 3. The van der Waals surface area contributed by atoms with E-state index in [9.17, 15) is 10.2 Å². The third-order valence-electron chi connectivity index (χ3n) is 4.11. The lowest BCUT2D eigenvalue weighted by Gasteiger charge is -2.20. The number of aliphatic hydroxyl groups is 1. The van der Waals surface area contributed by atoms with Crippen molar-refractivity contribution < 1.29 is 10.2 Å². The van der Waals surface area contributed by atoms with Crippen LogP contribution in [0.5, 0.6) is 5.75 Å². The molecule has 7 nitrogen and oxygen atoms in total. The Hall–Kier alpha value is -3.19. The summed E-state index contributed by atoms with van der Waals surface area (Å²) in [6, 6.07) is 14.0. The predicted octanol–water partition coefficient (Wildman–Crippen LogP) is 3.42. The van der Waals surface area contributed by atoms with Crippen molar-refractivity contribution in [2.75, 3.05) is 17.2 Å². The maximum atomic E-state index is 9.60. The summed E-state index contributed by atoms with van der Waals surface area (Å²) in [6.45, 7) is 4.02. The molecule has 0 spiro atoms. The highest BCUT2D eigenvalue weighted by molar-refractivity contribution is 5.65. The normalized spacial score (nSPS) is 12.0. The second-order valence-corrected chi connectivity index (χ2v) is 6.53. The Balaban J connectivity index is 1.96. The molecule has 0 unspecified atom stereocenters. The van der Waals surface area contributed by atoms with Gasteiger partial charge in [-0.3, -0.25) is 4.98 Å². The number of benzene rings is 1. The van der Waals surface area contributed by atoms with Gasteiger partial charge in [0.2, 0.25) is 5.95 Å². The van der Waals surface area contributed by atoms with E-state index in [0.29, 0.717) is 17.5 Å². The van der Waals surface area contributed by atoms with E-state index in [1.54, 1.807) is 30.5 Å². The fourth-order valence-corrected chi connectivity index (χ4v) is 2.50. The van der Waals surface area contributed by atoms with E-state index >= 15 is 0 Å². The van der Waals surface area contributed by atoms with Crippen LogP contribution in [0.4, 0.5) is 17.5 Å². The second kappa shape index (κ2) is 8.46. The number of aliphatic hydroxyl groups excluding tert-OH is 1. The van der Waals surface area contributed by atoms with Crippen molar-refractivity contribution in [3.63, 3.8) is 0 Å². The zero-order valence-corrected chi connectivity index (χ0v) is 15.3. The first-order valence-corrected chi connectivity index (χ1v) is 8.79. The van der Waals surface area contributed by atoms with Crippen LogP contribution in [0.25, 0.3) is 11.4 Å². The molecular weight excluding hydrogens is 342 g/mol. The van der Waals surface area contributed by atoms with Gasteiger partial charge >= 0.3 is 0 Å². The zero-order chi connectivity index (χ0) is 19.2. The van der Waals surface area contributed by atoms with Crippen LogP contribution >= 0.6 is 0 Å². The van der Waals surface area contributed by atoms with Gasteiger partial charge in [-0.05, 0) is 42.3 Å². The predicted molar refractivity (Wildman–Crippen MR) is 106 cm³/mol. The van der Waals surface area contributed by atoms with Gasteiger partial charge in [0.05, 0.1) is 24.0 Å². The molecule has 1 atom stereocenters. The quantitative estimate of drug-likeness (QED) is 0.476. The lowest BCUT2D eigenvalue weighted by molar-refractivity contribution is 0.248. The molecule has 0 aliphatic carbocycles. The summed E-state index contributed by atoms with van der Waals surface area (Å²) in [6.07, 6.45) is 1.71. The summed E-state index contributed by atoms with van der Waals surface area (Å²) in [4.78, 5) is 13.4. The number of hydrogen-bond donors (Lipinski definition) is 4. The minimum Gasteiger partial charge on any atom is -0.508 e. The molecule has 0 aliphatic rings. The molecule has 4 N–H and O–H groups in total. The Morgan fingerprint density at radius 2 is 1.78 bits per heavy atom. The molecule has 3 rings (SSSR count). The number of nitrogens with zero attached hydrogens (tertiary/aromatic N) is 3. The average Bonchev–Trinajstić information content (AvgIpc) is 2.68. The Bertz CT molecular complexity index is 869. The van der Waals surface area contributed by atoms with Crippen molar-refractivity contribution in [3.05, 3.63) is 54.7 Å². The Morgan fingerprint density at radius 1 is 1.00 bits per heavy atom. The van der Waals surface area contributed by atoms with Gasteiger partial charge in [-0.1, -0.05) is 19.9 Å². The standard InChI is InChI=1S/C20H23N5O2/c1-13(2)18(12-26)24-20-23-17(16-5-3-4-10-21-16)11-19(25-20)22-14-6-8-15(27)9-7-14/h3-11,13,18,26-27H,12H2,1-2H3,(H2,22,23,24,25)/t18-/m0/s1. The SMILES string of the molecule is CC(C)[C@H](CO)Nc1nc(Nc2ccc(O)cc2)cc(-c2ccccn2)n1. The van der Waals surface area contributed by atoms with Crippen LogP contribution in [-0.4, -0.2) is 37.8 Å². The van der Waals surface area contributed by atoms with Gasteiger partial charge in [-0.25, -0.2) is 4.98 Å². The molecule has 1 aromatic carbocycles. The summed E-state index contributed by atoms with van der Waals surface area (Å²) in [5.74, 6) is 1.40. The molecule has 3 aromatic rings. The third-order valence-corrected chi connectivity index (χ3v) is 4.11. The molecule has 0 saturated heterocycles. The smallest absolute Gasteiger partial charge is 0.225 e. The minimum absolute atomic E-state index is 0.0183. The van der Waals surface area contributed by atoms with Crippen molar-refractivity contribution in [1.82, 2.24) is 15.0 Å². The minimum atomic E-state index is -0.162. The van der Waals surface area contributed by atoms with Crippen LogP contribution in [-0.2, 0) is 0 Å². The summed E-state index contributed by atoms with van der Waals surface area (Å²) in [7, 11) is 0. The molecule has 0 saturated carbocycles. The fraction of sp³-hybridized carbons (Fsp3) is 0.250. The Kier molecular flexibility index (Phi) is 5.83.